The summed E-state index contributed by atoms with van der Waals surface area (Å²) >= 11 is 3.39. The van der Waals surface area contributed by atoms with E-state index in [-0.39, 0.29) is 0 Å². The lowest BCUT2D eigenvalue weighted by Crippen LogP contribution is -2.06. The maximum absolute atomic E-state index is 4.13. The lowest BCUT2D eigenvalue weighted by molar-refractivity contribution is 0.567. The Bertz CT molecular complexity index is 448. The Balaban J connectivity index is 1.92. The Morgan fingerprint density at radius 2 is 2.25 bits per heavy atom. The number of nitrogens with zero attached hydrogens (tertiary/aromatic N) is 5. The zero-order chi connectivity index (χ0) is 11.4. The SMILES string of the molecule is Cn1nccc1CCn1cc(CCBr)nn1. The smallest absolute Gasteiger partial charge is 0.0835 e. The molecule has 0 amide bonds. The molecule has 0 atom stereocenters. The van der Waals surface area contributed by atoms with Crippen molar-refractivity contribution in [1.82, 2.24) is 24.8 Å². The van der Waals surface area contributed by atoms with E-state index in [2.05, 4.69) is 31.3 Å². The van der Waals surface area contributed by atoms with Crippen LogP contribution in [0.25, 0.3) is 0 Å². The molecule has 6 heteroatoms. The number of aromatic nitrogens is 5. The Labute approximate surface area is 103 Å². The Morgan fingerprint density at radius 3 is 2.94 bits per heavy atom. The summed E-state index contributed by atoms with van der Waals surface area (Å²) < 4.78 is 3.77. The Hall–Kier alpha value is -1.17. The van der Waals surface area contributed by atoms with Gasteiger partial charge in [-0.3, -0.25) is 9.36 Å². The number of hydrogen-bond donors (Lipinski definition) is 0. The van der Waals surface area contributed by atoms with Crippen LogP contribution in [0.3, 0.4) is 0 Å². The molecule has 0 spiro atoms. The van der Waals surface area contributed by atoms with E-state index in [0.717, 1.165) is 30.4 Å². The second-order valence-electron chi connectivity index (χ2n) is 3.61. The third-order valence-electron chi connectivity index (χ3n) is 2.46. The van der Waals surface area contributed by atoms with Gasteiger partial charge < -0.3 is 0 Å². The summed E-state index contributed by atoms with van der Waals surface area (Å²) in [6.45, 7) is 0.842. The van der Waals surface area contributed by atoms with E-state index in [9.17, 15) is 0 Å². The number of aryl methyl sites for hydroxylation is 4. The van der Waals surface area contributed by atoms with E-state index in [4.69, 9.17) is 0 Å². The van der Waals surface area contributed by atoms with Crippen molar-refractivity contribution in [3.8, 4) is 0 Å². The standard InChI is InChI=1S/C10H14BrN5/c1-15-10(3-6-12-15)4-7-16-8-9(2-5-11)13-14-16/h3,6,8H,2,4-5,7H2,1H3. The van der Waals surface area contributed by atoms with E-state index in [0.29, 0.717) is 0 Å². The molecule has 0 fully saturated rings. The molecular weight excluding hydrogens is 270 g/mol. The average Bonchev–Trinajstić information content (AvgIpc) is 2.86. The van der Waals surface area contributed by atoms with Crippen LogP contribution in [-0.4, -0.2) is 30.1 Å². The second kappa shape index (κ2) is 5.25. The molecule has 0 N–H and O–H groups in total. The zero-order valence-corrected chi connectivity index (χ0v) is 10.8. The zero-order valence-electron chi connectivity index (χ0n) is 9.17. The molecule has 0 aliphatic carbocycles. The van der Waals surface area contributed by atoms with Crippen molar-refractivity contribution in [2.45, 2.75) is 19.4 Å². The average molecular weight is 284 g/mol. The molecule has 0 unspecified atom stereocenters. The van der Waals surface area contributed by atoms with Gasteiger partial charge in [0.25, 0.3) is 0 Å². The van der Waals surface area contributed by atoms with Crippen LogP contribution in [0.2, 0.25) is 0 Å². The summed E-state index contributed by atoms with van der Waals surface area (Å²) in [6.07, 6.45) is 5.66. The van der Waals surface area contributed by atoms with Gasteiger partial charge in [0.15, 0.2) is 0 Å². The highest BCUT2D eigenvalue weighted by molar-refractivity contribution is 9.09. The first kappa shape index (κ1) is 11.3. The van der Waals surface area contributed by atoms with Crippen molar-refractivity contribution in [3.63, 3.8) is 0 Å². The predicted octanol–water partition coefficient (Wildman–Crippen LogP) is 1.19. The molecule has 0 radical (unpaired) electrons. The highest BCUT2D eigenvalue weighted by atomic mass is 79.9. The van der Waals surface area contributed by atoms with Crippen LogP contribution in [0.5, 0.6) is 0 Å². The molecule has 0 bridgehead atoms. The van der Waals surface area contributed by atoms with Crippen LogP contribution in [-0.2, 0) is 26.4 Å². The number of hydrogen-bond acceptors (Lipinski definition) is 3. The highest BCUT2D eigenvalue weighted by Crippen LogP contribution is 2.01. The lowest BCUT2D eigenvalue weighted by Gasteiger charge is -2.01. The topological polar surface area (TPSA) is 48.5 Å². The fourth-order valence-corrected chi connectivity index (χ4v) is 1.94. The molecule has 2 aromatic rings. The van der Waals surface area contributed by atoms with Crippen molar-refractivity contribution in [2.24, 2.45) is 7.05 Å². The van der Waals surface area contributed by atoms with Gasteiger partial charge in [-0.2, -0.15) is 5.10 Å². The van der Waals surface area contributed by atoms with Gasteiger partial charge in [0, 0.05) is 49.9 Å². The van der Waals surface area contributed by atoms with Crippen LogP contribution in [0, 0.1) is 0 Å². The second-order valence-corrected chi connectivity index (χ2v) is 4.40. The third kappa shape index (κ3) is 2.69. The van der Waals surface area contributed by atoms with Crippen LogP contribution in [0.4, 0.5) is 0 Å². The first-order valence-corrected chi connectivity index (χ1v) is 6.33. The summed E-state index contributed by atoms with van der Waals surface area (Å²) in [5, 5.41) is 13.2. The third-order valence-corrected chi connectivity index (χ3v) is 2.85. The van der Waals surface area contributed by atoms with E-state index in [1.165, 1.54) is 5.69 Å². The summed E-state index contributed by atoms with van der Waals surface area (Å²) in [6, 6.07) is 2.02. The molecule has 0 saturated carbocycles. The van der Waals surface area contributed by atoms with Crippen molar-refractivity contribution >= 4 is 15.9 Å². The maximum atomic E-state index is 4.13. The van der Waals surface area contributed by atoms with Crippen LogP contribution < -0.4 is 0 Å². The maximum Gasteiger partial charge on any atom is 0.0835 e. The first-order chi connectivity index (χ1) is 7.79. The Morgan fingerprint density at radius 1 is 1.38 bits per heavy atom. The van der Waals surface area contributed by atoms with Crippen LogP contribution in [0.15, 0.2) is 18.5 Å². The van der Waals surface area contributed by atoms with E-state index < -0.39 is 0 Å². The predicted molar refractivity (Wildman–Crippen MR) is 64.4 cm³/mol. The molecule has 16 heavy (non-hydrogen) atoms. The van der Waals surface area contributed by atoms with Crippen LogP contribution in [0.1, 0.15) is 11.4 Å². The molecule has 0 saturated heterocycles. The van der Waals surface area contributed by atoms with Gasteiger partial charge in [-0.05, 0) is 6.07 Å². The fraction of sp³-hybridized carbons (Fsp3) is 0.500. The number of halogens is 1. The minimum absolute atomic E-state index is 0.842. The molecule has 2 aromatic heterocycles. The summed E-state index contributed by atoms with van der Waals surface area (Å²) in [4.78, 5) is 0. The molecule has 86 valence electrons. The normalized spacial score (nSPS) is 10.9. The molecule has 0 aliphatic rings. The Kier molecular flexibility index (Phi) is 3.71. The van der Waals surface area contributed by atoms with E-state index >= 15 is 0 Å². The highest BCUT2D eigenvalue weighted by Gasteiger charge is 2.02. The molecular formula is C10H14BrN5. The van der Waals surface area contributed by atoms with E-state index in [1.54, 1.807) is 0 Å². The molecule has 2 rings (SSSR count). The number of alkyl halides is 1. The van der Waals surface area contributed by atoms with Gasteiger partial charge in [0.2, 0.25) is 0 Å². The summed E-state index contributed by atoms with van der Waals surface area (Å²) in [5.41, 5.74) is 2.24. The fourth-order valence-electron chi connectivity index (χ4n) is 1.53. The summed E-state index contributed by atoms with van der Waals surface area (Å²) in [5.74, 6) is 0. The van der Waals surface area contributed by atoms with Gasteiger partial charge in [0.1, 0.15) is 0 Å². The minimum atomic E-state index is 0.842. The first-order valence-electron chi connectivity index (χ1n) is 5.21. The monoisotopic (exact) mass is 283 g/mol. The molecule has 5 nitrogen and oxygen atoms in total. The van der Waals surface area contributed by atoms with Gasteiger partial charge >= 0.3 is 0 Å². The minimum Gasteiger partial charge on any atom is -0.273 e. The molecule has 2 heterocycles. The van der Waals surface area contributed by atoms with Crippen molar-refractivity contribution in [3.05, 3.63) is 29.8 Å². The largest absolute Gasteiger partial charge is 0.273 e. The van der Waals surface area contributed by atoms with Crippen molar-refractivity contribution < 1.29 is 0 Å². The van der Waals surface area contributed by atoms with Crippen molar-refractivity contribution in [2.75, 3.05) is 5.33 Å². The van der Waals surface area contributed by atoms with Gasteiger partial charge in [-0.25, -0.2) is 0 Å². The van der Waals surface area contributed by atoms with Crippen molar-refractivity contribution in [1.29, 1.82) is 0 Å². The van der Waals surface area contributed by atoms with E-state index in [1.807, 2.05) is 34.9 Å². The quantitative estimate of drug-likeness (QED) is 0.775. The van der Waals surface area contributed by atoms with Gasteiger partial charge in [0.05, 0.1) is 5.69 Å². The summed E-state index contributed by atoms with van der Waals surface area (Å²) in [7, 11) is 1.95. The van der Waals surface area contributed by atoms with Gasteiger partial charge in [-0.15, -0.1) is 5.10 Å². The van der Waals surface area contributed by atoms with Gasteiger partial charge in [-0.1, -0.05) is 21.1 Å². The lowest BCUT2D eigenvalue weighted by atomic mass is 10.3. The van der Waals surface area contributed by atoms with Crippen LogP contribution >= 0.6 is 15.9 Å². The molecule has 0 aliphatic heterocycles. The molecule has 0 aromatic carbocycles. The number of rotatable bonds is 5.